The van der Waals surface area contributed by atoms with E-state index in [1.165, 1.54) is 0 Å². The number of esters is 1. The van der Waals surface area contributed by atoms with Crippen molar-refractivity contribution in [3.63, 3.8) is 0 Å². The van der Waals surface area contributed by atoms with Gasteiger partial charge in [-0.2, -0.15) is 0 Å². The van der Waals surface area contributed by atoms with Crippen LogP contribution >= 0.6 is 0 Å². The molecule has 0 bridgehead atoms. The number of rotatable bonds is 10. The van der Waals surface area contributed by atoms with E-state index in [2.05, 4.69) is 11.8 Å². The first-order valence-corrected chi connectivity index (χ1v) is 8.55. The Balaban J connectivity index is 2.07. The van der Waals surface area contributed by atoms with Crippen LogP contribution in [-0.2, 0) is 22.8 Å². The van der Waals surface area contributed by atoms with Crippen LogP contribution < -0.4 is 0 Å². The molecule has 1 aliphatic heterocycles. The Morgan fingerprint density at radius 3 is 2.32 bits per heavy atom. The largest absolute Gasteiger partial charge is 0.500 e. The van der Waals surface area contributed by atoms with E-state index in [-0.39, 0.29) is 5.97 Å². The molecule has 2 atom stereocenters. The molecule has 0 saturated carbocycles. The van der Waals surface area contributed by atoms with Crippen molar-refractivity contribution in [2.24, 2.45) is 0 Å². The zero-order chi connectivity index (χ0) is 14.3. The third kappa shape index (κ3) is 5.58. The molecule has 7 heteroatoms. The van der Waals surface area contributed by atoms with Crippen LogP contribution in [0.5, 0.6) is 0 Å². The number of hydrogen-bond acceptors (Lipinski definition) is 6. The van der Waals surface area contributed by atoms with Gasteiger partial charge in [0, 0.05) is 46.5 Å². The van der Waals surface area contributed by atoms with Gasteiger partial charge in [0.15, 0.2) is 0 Å². The van der Waals surface area contributed by atoms with Gasteiger partial charge in [0.05, 0.1) is 13.0 Å². The van der Waals surface area contributed by atoms with E-state index >= 15 is 0 Å². The van der Waals surface area contributed by atoms with Crippen LogP contribution in [-0.4, -0.2) is 66.7 Å². The molecule has 2 unspecified atom stereocenters. The standard InChI is InChI=1S/C12H25NO5Si/c1-11-10-13(11)7-6-12(14)18-8-5-9-19(15-2,16-3)17-4/h11H,5-10H2,1-4H3. The van der Waals surface area contributed by atoms with Crippen LogP contribution in [0.1, 0.15) is 19.8 Å². The highest BCUT2D eigenvalue weighted by Crippen LogP contribution is 2.16. The molecule has 112 valence electrons. The Hall–Kier alpha value is -0.473. The lowest BCUT2D eigenvalue weighted by Gasteiger charge is -2.24. The number of carbonyl (C=O) groups is 1. The van der Waals surface area contributed by atoms with Gasteiger partial charge >= 0.3 is 14.8 Å². The smallest absolute Gasteiger partial charge is 0.466 e. The maximum atomic E-state index is 11.5. The van der Waals surface area contributed by atoms with Gasteiger partial charge in [-0.15, -0.1) is 0 Å². The molecular weight excluding hydrogens is 266 g/mol. The Morgan fingerprint density at radius 2 is 1.84 bits per heavy atom. The molecule has 0 N–H and O–H groups in total. The third-order valence-electron chi connectivity index (χ3n) is 3.41. The summed E-state index contributed by atoms with van der Waals surface area (Å²) in [6.45, 7) is 4.43. The molecule has 1 rings (SSSR count). The van der Waals surface area contributed by atoms with Crippen molar-refractivity contribution in [2.45, 2.75) is 31.9 Å². The van der Waals surface area contributed by atoms with Crippen molar-refractivity contribution < 1.29 is 22.8 Å². The summed E-state index contributed by atoms with van der Waals surface area (Å²) >= 11 is 0. The van der Waals surface area contributed by atoms with Crippen molar-refractivity contribution in [1.29, 1.82) is 0 Å². The molecule has 1 saturated heterocycles. The van der Waals surface area contributed by atoms with Gasteiger partial charge in [-0.1, -0.05) is 0 Å². The fourth-order valence-electron chi connectivity index (χ4n) is 1.94. The van der Waals surface area contributed by atoms with E-state index in [0.717, 1.165) is 13.1 Å². The van der Waals surface area contributed by atoms with E-state index in [0.29, 0.717) is 31.5 Å². The summed E-state index contributed by atoms with van der Waals surface area (Å²) < 4.78 is 21.0. The minimum absolute atomic E-state index is 0.140. The van der Waals surface area contributed by atoms with Gasteiger partial charge in [0.2, 0.25) is 0 Å². The summed E-state index contributed by atoms with van der Waals surface area (Å²) in [5.41, 5.74) is 0. The van der Waals surface area contributed by atoms with E-state index < -0.39 is 8.80 Å². The second-order valence-corrected chi connectivity index (χ2v) is 7.80. The Labute approximate surface area is 116 Å². The second kappa shape index (κ2) is 7.96. The summed E-state index contributed by atoms with van der Waals surface area (Å²) in [6, 6.07) is 1.27. The summed E-state index contributed by atoms with van der Waals surface area (Å²) in [6.07, 6.45) is 1.15. The molecule has 0 aliphatic carbocycles. The lowest BCUT2D eigenvalue weighted by molar-refractivity contribution is -0.143. The summed E-state index contributed by atoms with van der Waals surface area (Å²) in [5.74, 6) is -0.140. The summed E-state index contributed by atoms with van der Waals surface area (Å²) in [7, 11) is 2.22. The first-order chi connectivity index (χ1) is 9.06. The monoisotopic (exact) mass is 291 g/mol. The van der Waals surface area contributed by atoms with Gasteiger partial charge in [0.1, 0.15) is 0 Å². The average molecular weight is 291 g/mol. The fourth-order valence-corrected chi connectivity index (χ4v) is 3.63. The molecule has 19 heavy (non-hydrogen) atoms. The van der Waals surface area contributed by atoms with Crippen molar-refractivity contribution >= 4 is 14.8 Å². The van der Waals surface area contributed by atoms with Gasteiger partial charge in [-0.3, -0.25) is 9.69 Å². The summed E-state index contributed by atoms with van der Waals surface area (Å²) in [5, 5.41) is 0. The lowest BCUT2D eigenvalue weighted by Crippen LogP contribution is -2.42. The number of nitrogens with zero attached hydrogens (tertiary/aromatic N) is 1. The zero-order valence-electron chi connectivity index (χ0n) is 12.3. The van der Waals surface area contributed by atoms with E-state index in [1.807, 2.05) is 0 Å². The minimum Gasteiger partial charge on any atom is -0.466 e. The zero-order valence-corrected chi connectivity index (χ0v) is 13.3. The minimum atomic E-state index is -2.52. The first-order valence-electron chi connectivity index (χ1n) is 6.62. The van der Waals surface area contributed by atoms with Crippen LogP contribution in [0.25, 0.3) is 0 Å². The topological polar surface area (TPSA) is 57.0 Å². The number of hydrogen-bond donors (Lipinski definition) is 0. The van der Waals surface area contributed by atoms with E-state index in [9.17, 15) is 4.79 Å². The molecule has 6 nitrogen and oxygen atoms in total. The highest BCUT2D eigenvalue weighted by Gasteiger charge is 2.37. The number of ether oxygens (including phenoxy) is 1. The molecule has 0 spiro atoms. The molecule has 1 heterocycles. The molecular formula is C12H25NO5Si. The molecule has 1 aliphatic rings. The quantitative estimate of drug-likeness (QED) is 0.258. The summed E-state index contributed by atoms with van der Waals surface area (Å²) in [4.78, 5) is 13.7. The number of carbonyl (C=O) groups excluding carboxylic acids is 1. The fraction of sp³-hybridized carbons (Fsp3) is 0.917. The van der Waals surface area contributed by atoms with Crippen LogP contribution in [0, 0.1) is 0 Å². The molecule has 0 aromatic carbocycles. The molecule has 1 fully saturated rings. The third-order valence-corrected chi connectivity index (χ3v) is 6.25. The van der Waals surface area contributed by atoms with Crippen LogP contribution in [0.4, 0.5) is 0 Å². The average Bonchev–Trinajstić information content (AvgIpc) is 3.13. The van der Waals surface area contributed by atoms with Crippen molar-refractivity contribution in [3.8, 4) is 0 Å². The predicted molar refractivity (Wildman–Crippen MR) is 72.8 cm³/mol. The van der Waals surface area contributed by atoms with E-state index in [1.54, 1.807) is 21.3 Å². The highest BCUT2D eigenvalue weighted by molar-refractivity contribution is 6.60. The van der Waals surface area contributed by atoms with Crippen LogP contribution in [0.3, 0.4) is 0 Å². The molecule has 0 aromatic rings. The maximum absolute atomic E-state index is 11.5. The molecule has 0 aromatic heterocycles. The second-order valence-electron chi connectivity index (χ2n) is 4.71. The Kier molecular flexibility index (Phi) is 6.94. The van der Waals surface area contributed by atoms with Gasteiger partial charge < -0.3 is 18.0 Å². The van der Waals surface area contributed by atoms with Crippen LogP contribution in [0.15, 0.2) is 0 Å². The van der Waals surface area contributed by atoms with Gasteiger partial charge in [0.25, 0.3) is 0 Å². The lowest BCUT2D eigenvalue weighted by atomic mass is 10.4. The normalized spacial score (nSPS) is 22.3. The van der Waals surface area contributed by atoms with Gasteiger partial charge in [-0.25, -0.2) is 0 Å². The highest BCUT2D eigenvalue weighted by atomic mass is 28.4. The first kappa shape index (κ1) is 16.6. The Bertz CT molecular complexity index is 277. The predicted octanol–water partition coefficient (Wildman–Crippen LogP) is 0.892. The SMILES string of the molecule is CO[Si](CCCOC(=O)CCN1CC1C)(OC)OC. The van der Waals surface area contributed by atoms with Gasteiger partial charge in [-0.05, 0) is 13.3 Å². The maximum Gasteiger partial charge on any atom is 0.500 e. The molecule has 0 radical (unpaired) electrons. The van der Waals surface area contributed by atoms with Crippen molar-refractivity contribution in [2.75, 3.05) is 41.0 Å². The van der Waals surface area contributed by atoms with Crippen LogP contribution in [0.2, 0.25) is 6.04 Å². The Morgan fingerprint density at radius 1 is 1.26 bits per heavy atom. The molecule has 0 amide bonds. The van der Waals surface area contributed by atoms with Crippen molar-refractivity contribution in [1.82, 2.24) is 4.90 Å². The van der Waals surface area contributed by atoms with Crippen molar-refractivity contribution in [3.05, 3.63) is 0 Å². The van der Waals surface area contributed by atoms with E-state index in [4.69, 9.17) is 18.0 Å².